The Morgan fingerprint density at radius 1 is 1.16 bits per heavy atom. The van der Waals surface area contributed by atoms with Gasteiger partial charge in [-0.3, -0.25) is 9.59 Å². The minimum Gasteiger partial charge on any atom is -0.366 e. The highest BCUT2D eigenvalue weighted by atomic mass is 32.1. The molecule has 1 atom stereocenters. The zero-order chi connectivity index (χ0) is 13.8. The zero-order valence-corrected chi connectivity index (χ0v) is 10.8. The van der Waals surface area contributed by atoms with E-state index in [1.807, 2.05) is 11.4 Å². The number of amides is 2. The van der Waals surface area contributed by atoms with E-state index in [9.17, 15) is 9.59 Å². The van der Waals surface area contributed by atoms with E-state index in [2.05, 4.69) is 5.32 Å². The van der Waals surface area contributed by atoms with Crippen molar-refractivity contribution < 1.29 is 9.59 Å². The van der Waals surface area contributed by atoms with Crippen molar-refractivity contribution in [1.29, 1.82) is 0 Å². The Bertz CT molecular complexity index is 596. The first-order valence-corrected chi connectivity index (χ1v) is 6.46. The number of rotatable bonds is 4. The SMILES string of the molecule is NC(=O)c1ccccc1NC(=O)C(N)c1cccs1. The molecular weight excluding hydrogens is 262 g/mol. The predicted molar refractivity (Wildman–Crippen MR) is 74.8 cm³/mol. The third-order valence-corrected chi connectivity index (χ3v) is 3.54. The molecule has 5 N–H and O–H groups in total. The van der Waals surface area contributed by atoms with E-state index in [1.165, 1.54) is 11.3 Å². The van der Waals surface area contributed by atoms with Gasteiger partial charge in [0.15, 0.2) is 0 Å². The molecule has 2 amide bonds. The number of carbonyl (C=O) groups excluding carboxylic acids is 2. The highest BCUT2D eigenvalue weighted by molar-refractivity contribution is 7.10. The first-order chi connectivity index (χ1) is 9.09. The minimum absolute atomic E-state index is 0.259. The van der Waals surface area contributed by atoms with Crippen LogP contribution in [0.4, 0.5) is 5.69 Å². The van der Waals surface area contributed by atoms with Gasteiger partial charge in [-0.1, -0.05) is 18.2 Å². The number of primary amides is 1. The molecule has 1 aromatic carbocycles. The van der Waals surface area contributed by atoms with Gasteiger partial charge in [0.05, 0.1) is 11.3 Å². The Kier molecular flexibility index (Phi) is 3.94. The number of carbonyl (C=O) groups is 2. The molecule has 6 heteroatoms. The highest BCUT2D eigenvalue weighted by Crippen LogP contribution is 2.20. The molecule has 0 radical (unpaired) electrons. The Hall–Kier alpha value is -2.18. The monoisotopic (exact) mass is 275 g/mol. The summed E-state index contributed by atoms with van der Waals surface area (Å²) in [6.07, 6.45) is 0. The minimum atomic E-state index is -0.763. The fraction of sp³-hybridized carbons (Fsp3) is 0.0769. The van der Waals surface area contributed by atoms with Gasteiger partial charge in [-0.05, 0) is 23.6 Å². The van der Waals surface area contributed by atoms with E-state index < -0.39 is 11.9 Å². The van der Waals surface area contributed by atoms with Crippen LogP contribution in [0.3, 0.4) is 0 Å². The molecule has 0 spiro atoms. The average Bonchev–Trinajstić information content (AvgIpc) is 2.92. The van der Waals surface area contributed by atoms with Gasteiger partial charge >= 0.3 is 0 Å². The summed E-state index contributed by atoms with van der Waals surface area (Å²) in [6.45, 7) is 0. The van der Waals surface area contributed by atoms with Gasteiger partial charge in [-0.2, -0.15) is 0 Å². The molecule has 0 aliphatic heterocycles. The molecular formula is C13H13N3O2S. The molecule has 98 valence electrons. The first kappa shape index (κ1) is 13.3. The molecule has 2 rings (SSSR count). The molecule has 0 saturated heterocycles. The zero-order valence-electron chi connectivity index (χ0n) is 10.00. The second-order valence-corrected chi connectivity index (χ2v) is 4.87. The summed E-state index contributed by atoms with van der Waals surface area (Å²) >= 11 is 1.40. The van der Waals surface area contributed by atoms with E-state index in [0.29, 0.717) is 5.69 Å². The van der Waals surface area contributed by atoms with Crippen molar-refractivity contribution in [3.8, 4) is 0 Å². The number of hydrogen-bond acceptors (Lipinski definition) is 4. The standard InChI is InChI=1S/C13H13N3O2S/c14-11(10-6-3-7-19-10)13(18)16-9-5-2-1-4-8(9)12(15)17/h1-7,11H,14H2,(H2,15,17)(H,16,18). The van der Waals surface area contributed by atoms with E-state index in [4.69, 9.17) is 11.5 Å². The van der Waals surface area contributed by atoms with Crippen LogP contribution in [-0.4, -0.2) is 11.8 Å². The lowest BCUT2D eigenvalue weighted by atomic mass is 10.1. The fourth-order valence-electron chi connectivity index (χ4n) is 1.61. The van der Waals surface area contributed by atoms with Gasteiger partial charge < -0.3 is 16.8 Å². The largest absolute Gasteiger partial charge is 0.366 e. The maximum Gasteiger partial charge on any atom is 0.250 e. The number of nitrogens with one attached hydrogen (secondary N) is 1. The predicted octanol–water partition coefficient (Wildman–Crippen LogP) is 1.49. The molecule has 1 aromatic heterocycles. The lowest BCUT2D eigenvalue weighted by molar-refractivity contribution is -0.117. The molecule has 0 bridgehead atoms. The molecule has 0 aliphatic carbocycles. The van der Waals surface area contributed by atoms with Crippen LogP contribution in [0.2, 0.25) is 0 Å². The molecule has 0 fully saturated rings. The lowest BCUT2D eigenvalue weighted by Gasteiger charge is -2.12. The van der Waals surface area contributed by atoms with Gasteiger partial charge in [0, 0.05) is 4.88 Å². The molecule has 0 aliphatic rings. The highest BCUT2D eigenvalue weighted by Gasteiger charge is 2.18. The maximum atomic E-state index is 12.0. The van der Waals surface area contributed by atoms with Crippen LogP contribution in [0.25, 0.3) is 0 Å². The number of anilines is 1. The van der Waals surface area contributed by atoms with E-state index in [-0.39, 0.29) is 11.5 Å². The summed E-state index contributed by atoms with van der Waals surface area (Å²) in [4.78, 5) is 24.0. The van der Waals surface area contributed by atoms with Gasteiger partial charge in [-0.25, -0.2) is 0 Å². The quantitative estimate of drug-likeness (QED) is 0.788. The topological polar surface area (TPSA) is 98.2 Å². The maximum absolute atomic E-state index is 12.0. The van der Waals surface area contributed by atoms with Crippen molar-refractivity contribution in [3.63, 3.8) is 0 Å². The Labute approximate surface area is 114 Å². The molecule has 1 heterocycles. The normalized spacial score (nSPS) is 11.8. The Balaban J connectivity index is 2.18. The summed E-state index contributed by atoms with van der Waals surface area (Å²) in [7, 11) is 0. The Morgan fingerprint density at radius 2 is 1.89 bits per heavy atom. The molecule has 0 saturated carbocycles. The lowest BCUT2D eigenvalue weighted by Crippen LogP contribution is -2.28. The summed E-state index contributed by atoms with van der Waals surface area (Å²) in [5.74, 6) is -0.975. The fourth-order valence-corrected chi connectivity index (χ4v) is 2.34. The van der Waals surface area contributed by atoms with Crippen molar-refractivity contribution in [2.75, 3.05) is 5.32 Å². The molecule has 19 heavy (non-hydrogen) atoms. The first-order valence-electron chi connectivity index (χ1n) is 5.58. The van der Waals surface area contributed by atoms with E-state index in [1.54, 1.807) is 30.3 Å². The number of benzene rings is 1. The van der Waals surface area contributed by atoms with Crippen molar-refractivity contribution in [2.24, 2.45) is 11.5 Å². The van der Waals surface area contributed by atoms with Crippen LogP contribution in [0.1, 0.15) is 21.3 Å². The third kappa shape index (κ3) is 2.98. The van der Waals surface area contributed by atoms with Gasteiger partial charge in [-0.15, -0.1) is 11.3 Å². The molecule has 1 unspecified atom stereocenters. The summed E-state index contributed by atoms with van der Waals surface area (Å²) in [6, 6.07) is 9.39. The molecule has 5 nitrogen and oxygen atoms in total. The van der Waals surface area contributed by atoms with Crippen LogP contribution < -0.4 is 16.8 Å². The number of thiophene rings is 1. The van der Waals surface area contributed by atoms with Crippen LogP contribution in [0.5, 0.6) is 0 Å². The van der Waals surface area contributed by atoms with Crippen molar-refractivity contribution in [3.05, 3.63) is 52.2 Å². The van der Waals surface area contributed by atoms with Crippen LogP contribution >= 0.6 is 11.3 Å². The summed E-state index contributed by atoms with van der Waals surface area (Å²) in [5.41, 5.74) is 11.7. The van der Waals surface area contributed by atoms with Crippen molar-refractivity contribution >= 4 is 28.8 Å². The second-order valence-electron chi connectivity index (χ2n) is 3.89. The molecule has 2 aromatic rings. The number of para-hydroxylation sites is 1. The Morgan fingerprint density at radius 3 is 2.53 bits per heavy atom. The van der Waals surface area contributed by atoms with Crippen LogP contribution in [-0.2, 0) is 4.79 Å². The van der Waals surface area contributed by atoms with Gasteiger partial charge in [0.2, 0.25) is 5.91 Å². The van der Waals surface area contributed by atoms with Crippen LogP contribution in [0.15, 0.2) is 41.8 Å². The summed E-state index contributed by atoms with van der Waals surface area (Å²) < 4.78 is 0. The number of nitrogens with two attached hydrogens (primary N) is 2. The third-order valence-electron chi connectivity index (χ3n) is 2.58. The number of hydrogen-bond donors (Lipinski definition) is 3. The summed E-state index contributed by atoms with van der Waals surface area (Å²) in [5, 5.41) is 4.47. The van der Waals surface area contributed by atoms with Gasteiger partial charge in [0.1, 0.15) is 6.04 Å². The van der Waals surface area contributed by atoms with E-state index in [0.717, 1.165) is 4.88 Å². The smallest absolute Gasteiger partial charge is 0.250 e. The second kappa shape index (κ2) is 5.64. The average molecular weight is 275 g/mol. The van der Waals surface area contributed by atoms with Crippen molar-refractivity contribution in [1.82, 2.24) is 0 Å². The van der Waals surface area contributed by atoms with E-state index >= 15 is 0 Å². The van der Waals surface area contributed by atoms with Crippen molar-refractivity contribution in [2.45, 2.75) is 6.04 Å². The van der Waals surface area contributed by atoms with Crippen LogP contribution in [0, 0.1) is 0 Å². The van der Waals surface area contributed by atoms with Gasteiger partial charge in [0.25, 0.3) is 5.91 Å².